The highest BCUT2D eigenvalue weighted by atomic mass is 19.1. The summed E-state index contributed by atoms with van der Waals surface area (Å²) in [5, 5.41) is 8.50. The SMILES string of the molecule is CC(NC(=O)NCc1cccc(NC(=O)C2CC2)c1)c1ccc(F)cc1. The first-order valence-electron chi connectivity index (χ1n) is 8.71. The first-order valence-corrected chi connectivity index (χ1v) is 8.71. The fourth-order valence-corrected chi connectivity index (χ4v) is 2.61. The van der Waals surface area contributed by atoms with Crippen molar-refractivity contribution < 1.29 is 14.0 Å². The molecule has 0 radical (unpaired) electrons. The van der Waals surface area contributed by atoms with Crippen LogP contribution in [0.1, 0.15) is 36.9 Å². The largest absolute Gasteiger partial charge is 0.334 e. The first-order chi connectivity index (χ1) is 12.5. The number of rotatable bonds is 6. The van der Waals surface area contributed by atoms with E-state index in [1.807, 2.05) is 31.2 Å². The second-order valence-electron chi connectivity index (χ2n) is 6.56. The number of urea groups is 1. The lowest BCUT2D eigenvalue weighted by Crippen LogP contribution is -2.36. The Morgan fingerprint density at radius 1 is 1.15 bits per heavy atom. The summed E-state index contributed by atoms with van der Waals surface area (Å²) < 4.78 is 13.0. The molecule has 0 spiro atoms. The summed E-state index contributed by atoms with van der Waals surface area (Å²) in [6, 6.07) is 12.9. The molecule has 2 aromatic carbocycles. The van der Waals surface area contributed by atoms with Gasteiger partial charge in [-0.15, -0.1) is 0 Å². The van der Waals surface area contributed by atoms with Gasteiger partial charge in [0.2, 0.25) is 5.91 Å². The summed E-state index contributed by atoms with van der Waals surface area (Å²) >= 11 is 0. The van der Waals surface area contributed by atoms with Crippen molar-refractivity contribution in [2.45, 2.75) is 32.4 Å². The number of amides is 3. The van der Waals surface area contributed by atoms with Crippen molar-refractivity contribution >= 4 is 17.6 Å². The number of carbonyl (C=O) groups is 2. The van der Waals surface area contributed by atoms with Crippen molar-refractivity contribution in [2.75, 3.05) is 5.32 Å². The van der Waals surface area contributed by atoms with Gasteiger partial charge in [-0.25, -0.2) is 9.18 Å². The van der Waals surface area contributed by atoms with E-state index in [-0.39, 0.29) is 29.7 Å². The molecule has 1 aliphatic rings. The van der Waals surface area contributed by atoms with E-state index in [2.05, 4.69) is 16.0 Å². The molecule has 1 atom stereocenters. The molecule has 0 bridgehead atoms. The monoisotopic (exact) mass is 355 g/mol. The van der Waals surface area contributed by atoms with Gasteiger partial charge < -0.3 is 16.0 Å². The Morgan fingerprint density at radius 3 is 2.58 bits per heavy atom. The highest BCUT2D eigenvalue weighted by molar-refractivity contribution is 5.94. The van der Waals surface area contributed by atoms with Gasteiger partial charge in [0, 0.05) is 18.2 Å². The predicted octanol–water partition coefficient (Wildman–Crippen LogP) is 3.73. The zero-order valence-electron chi connectivity index (χ0n) is 14.6. The summed E-state index contributed by atoms with van der Waals surface area (Å²) in [5.74, 6) is -0.101. The average Bonchev–Trinajstić information content (AvgIpc) is 3.46. The molecule has 2 aromatic rings. The Hall–Kier alpha value is -2.89. The van der Waals surface area contributed by atoms with Crippen LogP contribution in [0.4, 0.5) is 14.9 Å². The fraction of sp³-hybridized carbons (Fsp3) is 0.300. The van der Waals surface area contributed by atoms with E-state index in [0.717, 1.165) is 29.7 Å². The second-order valence-corrected chi connectivity index (χ2v) is 6.56. The maximum absolute atomic E-state index is 13.0. The van der Waals surface area contributed by atoms with E-state index in [9.17, 15) is 14.0 Å². The zero-order valence-corrected chi connectivity index (χ0v) is 14.6. The summed E-state index contributed by atoms with van der Waals surface area (Å²) in [6.07, 6.45) is 1.92. The van der Waals surface area contributed by atoms with E-state index in [4.69, 9.17) is 0 Å². The van der Waals surface area contributed by atoms with E-state index < -0.39 is 0 Å². The standard InChI is InChI=1S/C20H22FN3O2/c1-13(15-7-9-17(21)10-8-15)23-20(26)22-12-14-3-2-4-18(11-14)24-19(25)16-5-6-16/h2-4,7-11,13,16H,5-6,12H2,1H3,(H,24,25)(H2,22,23,26). The molecule has 136 valence electrons. The number of halogens is 1. The molecule has 3 rings (SSSR count). The normalized spacial score (nSPS) is 14.4. The highest BCUT2D eigenvalue weighted by Gasteiger charge is 2.29. The van der Waals surface area contributed by atoms with Gasteiger partial charge in [-0.3, -0.25) is 4.79 Å². The van der Waals surface area contributed by atoms with E-state index in [1.54, 1.807) is 12.1 Å². The van der Waals surface area contributed by atoms with Crippen LogP contribution in [0.5, 0.6) is 0 Å². The third kappa shape index (κ3) is 5.05. The van der Waals surface area contributed by atoms with Crippen LogP contribution in [0.3, 0.4) is 0 Å². The fourth-order valence-electron chi connectivity index (χ4n) is 2.61. The molecule has 1 fully saturated rings. The molecule has 0 saturated heterocycles. The molecule has 1 unspecified atom stereocenters. The lowest BCUT2D eigenvalue weighted by atomic mass is 10.1. The third-order valence-corrected chi connectivity index (χ3v) is 4.31. The van der Waals surface area contributed by atoms with Crippen LogP contribution in [0, 0.1) is 11.7 Å². The smallest absolute Gasteiger partial charge is 0.315 e. The van der Waals surface area contributed by atoms with E-state index in [0.29, 0.717) is 6.54 Å². The van der Waals surface area contributed by atoms with Gasteiger partial charge in [-0.05, 0) is 55.2 Å². The maximum Gasteiger partial charge on any atom is 0.315 e. The van der Waals surface area contributed by atoms with Crippen molar-refractivity contribution in [3.63, 3.8) is 0 Å². The van der Waals surface area contributed by atoms with Gasteiger partial charge >= 0.3 is 6.03 Å². The summed E-state index contributed by atoms with van der Waals surface area (Å²) in [4.78, 5) is 23.9. The molecule has 0 aromatic heterocycles. The van der Waals surface area contributed by atoms with Crippen LogP contribution in [0.2, 0.25) is 0 Å². The van der Waals surface area contributed by atoms with Crippen LogP contribution in [-0.2, 0) is 11.3 Å². The van der Waals surface area contributed by atoms with Crippen molar-refractivity contribution in [3.05, 3.63) is 65.5 Å². The molecule has 1 aliphatic carbocycles. The summed E-state index contributed by atoms with van der Waals surface area (Å²) in [7, 11) is 0. The van der Waals surface area contributed by atoms with Crippen LogP contribution in [0.25, 0.3) is 0 Å². The maximum atomic E-state index is 13.0. The Balaban J connectivity index is 1.49. The Kier molecular flexibility index (Phi) is 5.51. The number of carbonyl (C=O) groups excluding carboxylic acids is 2. The van der Waals surface area contributed by atoms with Crippen LogP contribution in [0.15, 0.2) is 48.5 Å². The molecule has 6 heteroatoms. The third-order valence-electron chi connectivity index (χ3n) is 4.31. The van der Waals surface area contributed by atoms with Gasteiger partial charge in [0.25, 0.3) is 0 Å². The molecule has 0 heterocycles. The van der Waals surface area contributed by atoms with E-state index in [1.165, 1.54) is 12.1 Å². The minimum Gasteiger partial charge on any atom is -0.334 e. The summed E-state index contributed by atoms with van der Waals surface area (Å²) in [5.41, 5.74) is 2.45. The number of benzene rings is 2. The average molecular weight is 355 g/mol. The van der Waals surface area contributed by atoms with Gasteiger partial charge in [-0.1, -0.05) is 24.3 Å². The molecular formula is C20H22FN3O2. The van der Waals surface area contributed by atoms with Gasteiger partial charge in [0.05, 0.1) is 6.04 Å². The highest BCUT2D eigenvalue weighted by Crippen LogP contribution is 2.30. The van der Waals surface area contributed by atoms with Crippen molar-refractivity contribution in [2.24, 2.45) is 5.92 Å². The quantitative estimate of drug-likeness (QED) is 0.739. The first kappa shape index (κ1) is 17.9. The summed E-state index contributed by atoms with van der Waals surface area (Å²) in [6.45, 7) is 2.18. The molecule has 26 heavy (non-hydrogen) atoms. The van der Waals surface area contributed by atoms with Crippen molar-refractivity contribution in [1.82, 2.24) is 10.6 Å². The Bertz CT molecular complexity index is 788. The van der Waals surface area contributed by atoms with Gasteiger partial charge in [-0.2, -0.15) is 0 Å². The number of hydrogen-bond donors (Lipinski definition) is 3. The molecule has 3 N–H and O–H groups in total. The van der Waals surface area contributed by atoms with Crippen molar-refractivity contribution in [1.29, 1.82) is 0 Å². The zero-order chi connectivity index (χ0) is 18.5. The second kappa shape index (κ2) is 7.99. The number of anilines is 1. The van der Waals surface area contributed by atoms with Crippen LogP contribution < -0.4 is 16.0 Å². The van der Waals surface area contributed by atoms with Gasteiger partial charge in [0.15, 0.2) is 0 Å². The topological polar surface area (TPSA) is 70.2 Å². The minimum atomic E-state index is -0.311. The van der Waals surface area contributed by atoms with Crippen LogP contribution >= 0.6 is 0 Å². The number of hydrogen-bond acceptors (Lipinski definition) is 2. The predicted molar refractivity (Wildman–Crippen MR) is 98.0 cm³/mol. The minimum absolute atomic E-state index is 0.0565. The lowest BCUT2D eigenvalue weighted by Gasteiger charge is -2.15. The van der Waals surface area contributed by atoms with Crippen molar-refractivity contribution in [3.8, 4) is 0 Å². The lowest BCUT2D eigenvalue weighted by molar-refractivity contribution is -0.117. The Morgan fingerprint density at radius 2 is 1.88 bits per heavy atom. The molecule has 5 nitrogen and oxygen atoms in total. The van der Waals surface area contributed by atoms with Crippen LogP contribution in [-0.4, -0.2) is 11.9 Å². The molecule has 0 aliphatic heterocycles. The Labute approximate surface area is 152 Å². The molecular weight excluding hydrogens is 333 g/mol. The molecule has 1 saturated carbocycles. The number of nitrogens with one attached hydrogen (secondary N) is 3. The van der Waals surface area contributed by atoms with E-state index >= 15 is 0 Å². The molecule has 3 amide bonds. The van der Waals surface area contributed by atoms with Gasteiger partial charge in [0.1, 0.15) is 5.82 Å².